The van der Waals surface area contributed by atoms with Gasteiger partial charge in [0, 0.05) is 5.92 Å². The Kier molecular flexibility index (Phi) is 2.77. The van der Waals surface area contributed by atoms with Crippen LogP contribution in [0.2, 0.25) is 0 Å². The lowest BCUT2D eigenvalue weighted by Crippen LogP contribution is -2.05. The summed E-state index contributed by atoms with van der Waals surface area (Å²) in [7, 11) is 0. The molecule has 1 aromatic rings. The highest BCUT2D eigenvalue weighted by atomic mass is 19.3. The van der Waals surface area contributed by atoms with Gasteiger partial charge in [0.25, 0.3) is 0 Å². The highest BCUT2D eigenvalue weighted by Gasteiger charge is 2.45. The average molecular weight is 228 g/mol. The number of ether oxygens (including phenoxy) is 1. The number of benzene rings is 1. The zero-order chi connectivity index (χ0) is 11.7. The number of carboxylic acid groups (broad SMARTS) is 1. The first kappa shape index (κ1) is 10.9. The first-order valence-electron chi connectivity index (χ1n) is 4.86. The Bertz CT molecular complexity index is 406. The van der Waals surface area contributed by atoms with Gasteiger partial charge in [-0.15, -0.1) is 0 Å². The number of hydrogen-bond donors (Lipinski definition) is 1. The normalized spacial score (nSPS) is 23.2. The topological polar surface area (TPSA) is 46.5 Å². The van der Waals surface area contributed by atoms with Crippen LogP contribution in [0.3, 0.4) is 0 Å². The average Bonchev–Trinajstić information content (AvgIpc) is 2.97. The summed E-state index contributed by atoms with van der Waals surface area (Å²) < 4.78 is 28.6. The van der Waals surface area contributed by atoms with Crippen molar-refractivity contribution < 1.29 is 23.4 Å². The molecule has 2 atom stereocenters. The van der Waals surface area contributed by atoms with Gasteiger partial charge in [0.05, 0.1) is 5.92 Å². The van der Waals surface area contributed by atoms with Gasteiger partial charge in [0.2, 0.25) is 0 Å². The maximum Gasteiger partial charge on any atom is 0.387 e. The molecule has 2 rings (SSSR count). The second-order valence-corrected chi connectivity index (χ2v) is 3.70. The molecule has 1 fully saturated rings. The van der Waals surface area contributed by atoms with Crippen LogP contribution in [-0.4, -0.2) is 17.7 Å². The number of hydrogen-bond acceptors (Lipinski definition) is 2. The molecule has 5 heteroatoms. The van der Waals surface area contributed by atoms with Crippen LogP contribution in [0.25, 0.3) is 0 Å². The summed E-state index contributed by atoms with van der Waals surface area (Å²) in [6, 6.07) is 6.33. The van der Waals surface area contributed by atoms with Crippen LogP contribution in [0.15, 0.2) is 24.3 Å². The van der Waals surface area contributed by atoms with Gasteiger partial charge in [-0.3, -0.25) is 4.79 Å². The van der Waals surface area contributed by atoms with Gasteiger partial charge >= 0.3 is 12.6 Å². The lowest BCUT2D eigenvalue weighted by atomic mass is 10.1. The summed E-state index contributed by atoms with van der Waals surface area (Å²) in [5.74, 6) is -1.49. The van der Waals surface area contributed by atoms with Crippen LogP contribution >= 0.6 is 0 Å². The fraction of sp³-hybridized carbons (Fsp3) is 0.364. The fourth-order valence-electron chi connectivity index (χ4n) is 1.80. The van der Waals surface area contributed by atoms with Crippen LogP contribution < -0.4 is 4.74 Å². The summed E-state index contributed by atoms with van der Waals surface area (Å²) in [6.45, 7) is -2.89. The molecule has 0 heterocycles. The second-order valence-electron chi connectivity index (χ2n) is 3.70. The van der Waals surface area contributed by atoms with Crippen molar-refractivity contribution in [3.8, 4) is 5.75 Å². The van der Waals surface area contributed by atoms with Crippen LogP contribution in [0.1, 0.15) is 17.9 Å². The molecule has 0 aliphatic heterocycles. The van der Waals surface area contributed by atoms with E-state index >= 15 is 0 Å². The Morgan fingerprint density at radius 2 is 2.12 bits per heavy atom. The molecule has 0 unspecified atom stereocenters. The lowest BCUT2D eigenvalue weighted by molar-refractivity contribution is -0.138. The Morgan fingerprint density at radius 1 is 1.44 bits per heavy atom. The highest BCUT2D eigenvalue weighted by Crippen LogP contribution is 2.50. The van der Waals surface area contributed by atoms with Crippen molar-refractivity contribution >= 4 is 5.97 Å². The van der Waals surface area contributed by atoms with E-state index in [2.05, 4.69) is 4.74 Å². The van der Waals surface area contributed by atoms with Gasteiger partial charge in [-0.25, -0.2) is 0 Å². The van der Waals surface area contributed by atoms with Crippen molar-refractivity contribution in [3.63, 3.8) is 0 Å². The van der Waals surface area contributed by atoms with Crippen LogP contribution in [0.5, 0.6) is 5.75 Å². The zero-order valence-electron chi connectivity index (χ0n) is 8.27. The minimum absolute atomic E-state index is 0.0752. The highest BCUT2D eigenvalue weighted by molar-refractivity contribution is 5.75. The molecule has 1 aliphatic rings. The Morgan fingerprint density at radius 3 is 2.69 bits per heavy atom. The van der Waals surface area contributed by atoms with Crippen LogP contribution in [0.4, 0.5) is 8.78 Å². The molecular weight excluding hydrogens is 218 g/mol. The molecule has 0 aromatic heterocycles. The molecule has 1 aliphatic carbocycles. The van der Waals surface area contributed by atoms with Crippen molar-refractivity contribution in [2.24, 2.45) is 5.92 Å². The number of alkyl halides is 2. The summed E-state index contributed by atoms with van der Waals surface area (Å²) in [6.07, 6.45) is 0.485. The van der Waals surface area contributed by atoms with Crippen molar-refractivity contribution in [1.29, 1.82) is 0 Å². The van der Waals surface area contributed by atoms with E-state index in [0.717, 1.165) is 0 Å². The largest absolute Gasteiger partial charge is 0.481 e. The van der Waals surface area contributed by atoms with Crippen molar-refractivity contribution in [3.05, 3.63) is 29.8 Å². The molecule has 0 amide bonds. The van der Waals surface area contributed by atoms with Gasteiger partial charge in [0.15, 0.2) is 0 Å². The maximum absolute atomic E-state index is 12.1. The Labute approximate surface area is 90.7 Å². The Balaban J connectivity index is 2.18. The number of aliphatic carboxylic acids is 1. The molecule has 0 saturated heterocycles. The first-order valence-corrected chi connectivity index (χ1v) is 4.86. The molecular formula is C11H10F2O3. The van der Waals surface area contributed by atoms with Gasteiger partial charge in [-0.2, -0.15) is 8.78 Å². The van der Waals surface area contributed by atoms with Crippen molar-refractivity contribution in [2.45, 2.75) is 19.0 Å². The van der Waals surface area contributed by atoms with Gasteiger partial charge in [-0.1, -0.05) is 18.2 Å². The SMILES string of the molecule is O=C(O)[C@H]1C[C@H]1c1ccccc1OC(F)F. The van der Waals surface area contributed by atoms with E-state index in [1.54, 1.807) is 18.2 Å². The number of para-hydroxylation sites is 1. The van der Waals surface area contributed by atoms with Gasteiger partial charge in [-0.05, 0) is 18.1 Å². The van der Waals surface area contributed by atoms with Crippen molar-refractivity contribution in [2.75, 3.05) is 0 Å². The third-order valence-electron chi connectivity index (χ3n) is 2.64. The van der Waals surface area contributed by atoms with E-state index < -0.39 is 18.5 Å². The predicted octanol–water partition coefficient (Wildman–Crippen LogP) is 2.48. The summed E-state index contributed by atoms with van der Waals surface area (Å²) >= 11 is 0. The third-order valence-corrected chi connectivity index (χ3v) is 2.64. The minimum atomic E-state index is -2.89. The maximum atomic E-state index is 12.1. The molecule has 1 saturated carbocycles. The van der Waals surface area contributed by atoms with E-state index in [4.69, 9.17) is 5.11 Å². The van der Waals surface area contributed by atoms with Crippen LogP contribution in [0, 0.1) is 5.92 Å². The number of halogens is 2. The fourth-order valence-corrected chi connectivity index (χ4v) is 1.80. The quantitative estimate of drug-likeness (QED) is 0.861. The van der Waals surface area contributed by atoms with E-state index in [9.17, 15) is 13.6 Å². The van der Waals surface area contributed by atoms with E-state index in [1.165, 1.54) is 6.07 Å². The molecule has 0 spiro atoms. The van der Waals surface area contributed by atoms with E-state index in [0.29, 0.717) is 12.0 Å². The minimum Gasteiger partial charge on any atom is -0.481 e. The molecule has 1 aromatic carbocycles. The number of carbonyl (C=O) groups is 1. The van der Waals surface area contributed by atoms with Crippen LogP contribution in [-0.2, 0) is 4.79 Å². The first-order chi connectivity index (χ1) is 7.59. The van der Waals surface area contributed by atoms with Gasteiger partial charge < -0.3 is 9.84 Å². The monoisotopic (exact) mass is 228 g/mol. The second kappa shape index (κ2) is 4.08. The molecule has 1 N–H and O–H groups in total. The van der Waals surface area contributed by atoms with Crippen molar-refractivity contribution in [1.82, 2.24) is 0 Å². The number of carboxylic acids is 1. The Hall–Kier alpha value is -1.65. The summed E-state index contributed by atoms with van der Waals surface area (Å²) in [5.41, 5.74) is 0.551. The third kappa shape index (κ3) is 2.13. The smallest absolute Gasteiger partial charge is 0.387 e. The lowest BCUT2D eigenvalue weighted by Gasteiger charge is -2.09. The molecule has 3 nitrogen and oxygen atoms in total. The standard InChI is InChI=1S/C11H10F2O3/c12-11(13)16-9-4-2-1-3-6(9)7-5-8(7)10(14)15/h1-4,7-8,11H,5H2,(H,14,15)/t7-,8-/m0/s1. The zero-order valence-corrected chi connectivity index (χ0v) is 8.27. The molecule has 0 bridgehead atoms. The molecule has 0 radical (unpaired) electrons. The summed E-state index contributed by atoms with van der Waals surface area (Å²) in [4.78, 5) is 10.7. The van der Waals surface area contributed by atoms with Gasteiger partial charge in [0.1, 0.15) is 5.75 Å². The number of rotatable bonds is 4. The molecule has 86 valence electrons. The summed E-state index contributed by atoms with van der Waals surface area (Å²) in [5, 5.41) is 8.77. The van der Waals surface area contributed by atoms with E-state index in [1.807, 2.05) is 0 Å². The van der Waals surface area contributed by atoms with E-state index in [-0.39, 0.29) is 11.7 Å². The molecule has 16 heavy (non-hydrogen) atoms. The predicted molar refractivity (Wildman–Crippen MR) is 51.6 cm³/mol.